The van der Waals surface area contributed by atoms with Gasteiger partial charge in [0.1, 0.15) is 6.04 Å². The first-order valence-electron chi connectivity index (χ1n) is 5.85. The molecule has 1 amide bonds. The summed E-state index contributed by atoms with van der Waals surface area (Å²) in [6.07, 6.45) is 1.09. The molecule has 2 N–H and O–H groups in total. The van der Waals surface area contributed by atoms with Crippen LogP contribution < -0.4 is 5.32 Å². The fraction of sp³-hybridized carbons (Fsp3) is 0.636. The normalized spacial score (nSPS) is 19.3. The van der Waals surface area contributed by atoms with Gasteiger partial charge in [0.15, 0.2) is 0 Å². The van der Waals surface area contributed by atoms with Gasteiger partial charge in [-0.05, 0) is 12.8 Å². The van der Waals surface area contributed by atoms with Crippen molar-refractivity contribution < 1.29 is 29.0 Å². The van der Waals surface area contributed by atoms with Crippen LogP contribution in [-0.2, 0) is 19.1 Å². The fourth-order valence-corrected chi connectivity index (χ4v) is 1.70. The lowest BCUT2D eigenvalue weighted by molar-refractivity contribution is -0.142. The third kappa shape index (κ3) is 4.99. The lowest BCUT2D eigenvalue weighted by atomic mass is 10.1. The van der Waals surface area contributed by atoms with E-state index in [1.807, 2.05) is 0 Å². The zero-order valence-electron chi connectivity index (χ0n) is 10.2. The van der Waals surface area contributed by atoms with Crippen molar-refractivity contribution in [2.75, 3.05) is 13.2 Å². The van der Waals surface area contributed by atoms with Crippen LogP contribution >= 0.6 is 0 Å². The number of carbonyl (C=O) groups excluding carboxylic acids is 2. The van der Waals surface area contributed by atoms with Crippen molar-refractivity contribution in [3.8, 4) is 0 Å². The standard InChI is InChI=1S/C11H15N3O5/c12-13-5-8(15)1-2-9(11(17)18)14-10(16)7-3-4-19-6-7/h5,7,9H,1-4,6H2,(H,14,16)(H,17,18)/t7-,9+/m1/s1. The van der Waals surface area contributed by atoms with Gasteiger partial charge in [0.05, 0.1) is 12.5 Å². The van der Waals surface area contributed by atoms with E-state index in [2.05, 4.69) is 10.1 Å². The molecule has 1 heterocycles. The lowest BCUT2D eigenvalue weighted by Crippen LogP contribution is -2.44. The van der Waals surface area contributed by atoms with Gasteiger partial charge < -0.3 is 20.7 Å². The Morgan fingerprint density at radius 2 is 2.26 bits per heavy atom. The van der Waals surface area contributed by atoms with Crippen LogP contribution in [0.1, 0.15) is 19.3 Å². The van der Waals surface area contributed by atoms with Crippen molar-refractivity contribution >= 4 is 23.9 Å². The highest BCUT2D eigenvalue weighted by molar-refractivity contribution is 6.25. The van der Waals surface area contributed by atoms with E-state index >= 15 is 0 Å². The summed E-state index contributed by atoms with van der Waals surface area (Å²) >= 11 is 0. The highest BCUT2D eigenvalue weighted by Gasteiger charge is 2.28. The van der Waals surface area contributed by atoms with Crippen molar-refractivity contribution in [2.45, 2.75) is 25.3 Å². The van der Waals surface area contributed by atoms with Crippen molar-refractivity contribution in [1.82, 2.24) is 5.32 Å². The molecular formula is C11H15N3O5. The number of Topliss-reactive ketones (excluding diaryl/α,β-unsaturated/α-hetero) is 1. The molecule has 1 fully saturated rings. The van der Waals surface area contributed by atoms with Crippen molar-refractivity contribution in [1.29, 1.82) is 0 Å². The van der Waals surface area contributed by atoms with Crippen LogP contribution in [0.5, 0.6) is 0 Å². The highest BCUT2D eigenvalue weighted by Crippen LogP contribution is 2.13. The van der Waals surface area contributed by atoms with Crippen LogP contribution in [0.3, 0.4) is 0 Å². The van der Waals surface area contributed by atoms with Gasteiger partial charge >= 0.3 is 12.2 Å². The van der Waals surface area contributed by atoms with Crippen LogP contribution in [-0.4, -0.2) is 53.0 Å². The average molecular weight is 269 g/mol. The van der Waals surface area contributed by atoms with E-state index in [0.717, 1.165) is 0 Å². The van der Waals surface area contributed by atoms with E-state index in [9.17, 15) is 14.4 Å². The summed E-state index contributed by atoms with van der Waals surface area (Å²) in [5.41, 5.74) is 8.15. The van der Waals surface area contributed by atoms with E-state index in [1.54, 1.807) is 0 Å². The largest absolute Gasteiger partial charge is 0.480 e. The summed E-state index contributed by atoms with van der Waals surface area (Å²) in [7, 11) is 0. The van der Waals surface area contributed by atoms with Gasteiger partial charge in [0.2, 0.25) is 11.7 Å². The Bertz CT molecular complexity index is 411. The summed E-state index contributed by atoms with van der Waals surface area (Å²) in [4.78, 5) is 36.3. The smallest absolute Gasteiger partial charge is 0.326 e. The molecule has 0 unspecified atom stereocenters. The number of rotatable bonds is 7. The second kappa shape index (κ2) is 7.40. The summed E-state index contributed by atoms with van der Waals surface area (Å²) in [6.45, 7) is 0.773. The average Bonchev–Trinajstić information content (AvgIpc) is 2.88. The third-order valence-corrected chi connectivity index (χ3v) is 2.80. The van der Waals surface area contributed by atoms with Crippen LogP contribution in [0, 0.1) is 5.92 Å². The van der Waals surface area contributed by atoms with Gasteiger partial charge in [-0.1, -0.05) is 0 Å². The zero-order valence-corrected chi connectivity index (χ0v) is 10.2. The van der Waals surface area contributed by atoms with Crippen LogP contribution in [0.15, 0.2) is 0 Å². The molecule has 8 heteroatoms. The summed E-state index contributed by atoms with van der Waals surface area (Å²) in [6, 6.07) is -1.14. The Kier molecular flexibility index (Phi) is 5.84. The minimum atomic E-state index is -1.21. The molecule has 104 valence electrons. The number of carboxylic acids is 1. The first kappa shape index (κ1) is 15.0. The second-order valence-electron chi connectivity index (χ2n) is 4.21. The number of carbonyl (C=O) groups is 3. The second-order valence-corrected chi connectivity index (χ2v) is 4.21. The van der Waals surface area contributed by atoms with Crippen molar-refractivity contribution in [2.24, 2.45) is 5.92 Å². The summed E-state index contributed by atoms with van der Waals surface area (Å²) in [5.74, 6) is -2.43. The van der Waals surface area contributed by atoms with Gasteiger partial charge in [-0.3, -0.25) is 9.59 Å². The van der Waals surface area contributed by atoms with Gasteiger partial charge in [-0.15, -0.1) is 0 Å². The number of amides is 1. The van der Waals surface area contributed by atoms with E-state index < -0.39 is 17.8 Å². The molecule has 0 aromatic rings. The number of hydrogen-bond acceptors (Lipinski definition) is 4. The summed E-state index contributed by atoms with van der Waals surface area (Å²) in [5, 5.41) is 11.3. The van der Waals surface area contributed by atoms with Crippen LogP contribution in [0.4, 0.5) is 0 Å². The van der Waals surface area contributed by atoms with E-state index in [-0.39, 0.29) is 31.3 Å². The Labute approximate surface area is 109 Å². The molecule has 2 atom stereocenters. The predicted octanol–water partition coefficient (Wildman–Crippen LogP) is -0.758. The molecule has 1 saturated heterocycles. The van der Waals surface area contributed by atoms with Crippen molar-refractivity contribution in [3.05, 3.63) is 5.53 Å². The number of carboxylic acid groups (broad SMARTS) is 1. The van der Waals surface area contributed by atoms with Gasteiger partial charge in [-0.2, -0.15) is 4.79 Å². The molecular weight excluding hydrogens is 254 g/mol. The SMILES string of the molecule is [N-]=[N+]=CC(=O)CC[C@H](NC(=O)[C@@H]1CCOC1)C(=O)O. The van der Waals surface area contributed by atoms with Gasteiger partial charge in [0.25, 0.3) is 0 Å². The monoisotopic (exact) mass is 269 g/mol. The maximum atomic E-state index is 11.7. The van der Waals surface area contributed by atoms with Gasteiger partial charge in [0, 0.05) is 13.0 Å². The van der Waals surface area contributed by atoms with E-state index in [1.165, 1.54) is 0 Å². The van der Waals surface area contributed by atoms with E-state index in [0.29, 0.717) is 19.2 Å². The molecule has 0 aromatic heterocycles. The Morgan fingerprint density at radius 3 is 2.79 bits per heavy atom. The maximum Gasteiger partial charge on any atom is 0.326 e. The first-order valence-corrected chi connectivity index (χ1v) is 5.85. The Morgan fingerprint density at radius 1 is 1.53 bits per heavy atom. The number of nitrogens with one attached hydrogen (secondary N) is 1. The number of hydrogen-bond donors (Lipinski definition) is 2. The molecule has 0 aliphatic carbocycles. The molecule has 0 bridgehead atoms. The molecule has 1 rings (SSSR count). The van der Waals surface area contributed by atoms with Crippen LogP contribution in [0.25, 0.3) is 5.53 Å². The fourth-order valence-electron chi connectivity index (χ4n) is 1.70. The quantitative estimate of drug-likeness (QED) is 0.356. The van der Waals surface area contributed by atoms with Gasteiger partial charge in [-0.25, -0.2) is 4.79 Å². The molecule has 0 spiro atoms. The van der Waals surface area contributed by atoms with E-state index in [4.69, 9.17) is 15.4 Å². The first-order chi connectivity index (χ1) is 9.04. The predicted molar refractivity (Wildman–Crippen MR) is 62.4 cm³/mol. The molecule has 1 aliphatic rings. The molecule has 19 heavy (non-hydrogen) atoms. The number of ketones is 1. The van der Waals surface area contributed by atoms with Crippen LogP contribution in [0.2, 0.25) is 0 Å². The molecule has 0 radical (unpaired) electrons. The molecule has 0 aromatic carbocycles. The van der Waals surface area contributed by atoms with Crippen molar-refractivity contribution in [3.63, 3.8) is 0 Å². The lowest BCUT2D eigenvalue weighted by Gasteiger charge is -2.15. The topological polar surface area (TPSA) is 129 Å². The molecule has 8 nitrogen and oxygen atoms in total. The maximum absolute atomic E-state index is 11.7. The number of nitrogens with zero attached hydrogens (tertiary/aromatic N) is 2. The summed E-state index contributed by atoms with van der Waals surface area (Å²) < 4.78 is 5.04. The third-order valence-electron chi connectivity index (χ3n) is 2.80. The molecule has 1 aliphatic heterocycles. The Balaban J connectivity index is 2.48. The number of aliphatic carboxylic acids is 1. The minimum absolute atomic E-state index is 0.0560. The zero-order chi connectivity index (χ0) is 14.3. The highest BCUT2D eigenvalue weighted by atomic mass is 16.5. The number of ether oxygens (including phenoxy) is 1. The Hall–Kier alpha value is -2.05. The minimum Gasteiger partial charge on any atom is -0.480 e. The molecule has 0 saturated carbocycles.